The highest BCUT2D eigenvalue weighted by atomic mass is 79.9. The summed E-state index contributed by atoms with van der Waals surface area (Å²) >= 11 is 8.41. The lowest BCUT2D eigenvalue weighted by Gasteiger charge is -2.04. The molecule has 1 aromatic rings. The number of hydrogen-bond acceptors (Lipinski definition) is 3. The van der Waals surface area contributed by atoms with E-state index in [1.807, 2.05) is 0 Å². The van der Waals surface area contributed by atoms with Crippen LogP contribution in [0.3, 0.4) is 0 Å². The zero-order valence-corrected chi connectivity index (χ0v) is 9.71. The molecule has 0 unspecified atom stereocenters. The fraction of sp³-hybridized carbons (Fsp3) is 0.125. The summed E-state index contributed by atoms with van der Waals surface area (Å²) in [7, 11) is 0. The minimum Gasteiger partial charge on any atom is -0.324 e. The van der Waals surface area contributed by atoms with Gasteiger partial charge in [-0.05, 0) is 22.0 Å². The number of benzene rings is 1. The zero-order valence-electron chi connectivity index (χ0n) is 7.37. The molecule has 0 bridgehead atoms. The Morgan fingerprint density at radius 2 is 2.27 bits per heavy atom. The quantitative estimate of drug-likeness (QED) is 0.529. The van der Waals surface area contributed by atoms with Gasteiger partial charge in [0.1, 0.15) is 5.88 Å². The molecule has 5 nitrogen and oxygen atoms in total. The maximum absolute atomic E-state index is 11.0. The van der Waals surface area contributed by atoms with Crippen molar-refractivity contribution in [3.8, 4) is 0 Å². The first-order chi connectivity index (χ1) is 7.04. The predicted molar refractivity (Wildman–Crippen MR) is 60.1 cm³/mol. The lowest BCUT2D eigenvalue weighted by Crippen LogP contribution is -2.12. The van der Waals surface area contributed by atoms with Crippen LogP contribution in [0.2, 0.25) is 0 Å². The third-order valence-electron chi connectivity index (χ3n) is 1.56. The first-order valence-electron chi connectivity index (χ1n) is 3.84. The van der Waals surface area contributed by atoms with Crippen molar-refractivity contribution in [2.75, 3.05) is 11.2 Å². The first kappa shape index (κ1) is 11.9. The second-order valence-corrected chi connectivity index (χ2v) is 3.72. The van der Waals surface area contributed by atoms with E-state index in [0.717, 1.165) is 0 Å². The maximum atomic E-state index is 11.0. The minimum absolute atomic E-state index is 0.0502. The van der Waals surface area contributed by atoms with E-state index in [4.69, 9.17) is 11.6 Å². The van der Waals surface area contributed by atoms with Gasteiger partial charge in [-0.1, -0.05) is 0 Å². The normalized spacial score (nSPS) is 9.73. The van der Waals surface area contributed by atoms with Gasteiger partial charge >= 0.3 is 0 Å². The van der Waals surface area contributed by atoms with E-state index < -0.39 is 4.92 Å². The molecule has 15 heavy (non-hydrogen) atoms. The topological polar surface area (TPSA) is 72.2 Å². The van der Waals surface area contributed by atoms with Gasteiger partial charge in [-0.15, -0.1) is 11.6 Å². The lowest BCUT2D eigenvalue weighted by molar-refractivity contribution is -0.384. The molecule has 0 spiro atoms. The van der Waals surface area contributed by atoms with Gasteiger partial charge in [-0.25, -0.2) is 0 Å². The molecule has 0 atom stereocenters. The molecule has 1 N–H and O–H groups in total. The molecule has 0 heterocycles. The summed E-state index contributed by atoms with van der Waals surface area (Å²) in [5.41, 5.74) is 0.400. The number of nitro groups is 1. The number of carbonyl (C=O) groups is 1. The van der Waals surface area contributed by atoms with Crippen LogP contribution in [-0.4, -0.2) is 16.7 Å². The Bertz CT molecular complexity index is 411. The number of non-ortho nitro benzene ring substituents is 1. The monoisotopic (exact) mass is 292 g/mol. The molecule has 0 aliphatic heterocycles. The van der Waals surface area contributed by atoms with Crippen molar-refractivity contribution in [1.29, 1.82) is 0 Å². The van der Waals surface area contributed by atoms with E-state index in [9.17, 15) is 14.9 Å². The van der Waals surface area contributed by atoms with E-state index in [1.165, 1.54) is 18.2 Å². The first-order valence-corrected chi connectivity index (χ1v) is 5.17. The van der Waals surface area contributed by atoms with Gasteiger partial charge < -0.3 is 5.32 Å². The molecule has 7 heteroatoms. The van der Waals surface area contributed by atoms with Crippen molar-refractivity contribution in [2.24, 2.45) is 0 Å². The molecular formula is C8H6BrClN2O3. The molecule has 0 saturated carbocycles. The van der Waals surface area contributed by atoms with E-state index >= 15 is 0 Å². The largest absolute Gasteiger partial charge is 0.324 e. The van der Waals surface area contributed by atoms with Crippen LogP contribution >= 0.6 is 27.5 Å². The van der Waals surface area contributed by atoms with Crippen molar-refractivity contribution in [2.45, 2.75) is 0 Å². The van der Waals surface area contributed by atoms with Crippen molar-refractivity contribution in [3.63, 3.8) is 0 Å². The van der Waals surface area contributed by atoms with Crippen LogP contribution in [0, 0.1) is 10.1 Å². The number of halogens is 2. The van der Waals surface area contributed by atoms with Crippen molar-refractivity contribution >= 4 is 44.8 Å². The number of nitro benzene ring substituents is 1. The third kappa shape index (κ3) is 3.17. The second-order valence-electron chi connectivity index (χ2n) is 2.60. The number of anilines is 1. The molecule has 0 saturated heterocycles. The van der Waals surface area contributed by atoms with Gasteiger partial charge in [0.15, 0.2) is 0 Å². The van der Waals surface area contributed by atoms with Gasteiger partial charge in [0.05, 0.1) is 10.6 Å². The van der Waals surface area contributed by atoms with E-state index in [1.54, 1.807) is 0 Å². The number of nitrogens with one attached hydrogen (secondary N) is 1. The Morgan fingerprint density at radius 1 is 1.60 bits per heavy atom. The van der Waals surface area contributed by atoms with Crippen LogP contribution in [0.15, 0.2) is 22.7 Å². The Hall–Kier alpha value is -1.14. The molecule has 0 fully saturated rings. The fourth-order valence-corrected chi connectivity index (χ4v) is 1.44. The number of nitrogens with zero attached hydrogens (tertiary/aromatic N) is 1. The molecule has 0 radical (unpaired) electrons. The minimum atomic E-state index is -0.516. The van der Waals surface area contributed by atoms with Gasteiger partial charge in [0.25, 0.3) is 5.69 Å². The summed E-state index contributed by atoms with van der Waals surface area (Å²) in [6.07, 6.45) is 0. The molecule has 1 aromatic carbocycles. The SMILES string of the molecule is O=C(CCl)Nc1ccc([N+](=O)[O-])cc1Br. The third-order valence-corrected chi connectivity index (χ3v) is 2.46. The molecule has 1 rings (SSSR count). The summed E-state index contributed by atoms with van der Waals surface area (Å²) < 4.78 is 0.440. The van der Waals surface area contributed by atoms with Gasteiger partial charge in [-0.2, -0.15) is 0 Å². The Labute approximate surface area is 98.7 Å². The van der Waals surface area contributed by atoms with Gasteiger partial charge in [-0.3, -0.25) is 14.9 Å². The Kier molecular flexibility index (Phi) is 4.05. The molecule has 0 aliphatic rings. The summed E-state index contributed by atoms with van der Waals surface area (Å²) in [5, 5.41) is 12.9. The van der Waals surface area contributed by atoms with Gasteiger partial charge in [0.2, 0.25) is 5.91 Å². The van der Waals surface area contributed by atoms with Crippen LogP contribution in [0.1, 0.15) is 0 Å². The van der Waals surface area contributed by atoms with Gasteiger partial charge in [0, 0.05) is 16.6 Å². The number of alkyl halides is 1. The smallest absolute Gasteiger partial charge is 0.270 e. The molecule has 0 aliphatic carbocycles. The highest BCUT2D eigenvalue weighted by Gasteiger charge is 2.10. The highest BCUT2D eigenvalue weighted by Crippen LogP contribution is 2.26. The highest BCUT2D eigenvalue weighted by molar-refractivity contribution is 9.10. The van der Waals surface area contributed by atoms with E-state index in [0.29, 0.717) is 10.2 Å². The number of carbonyl (C=O) groups excluding carboxylic acids is 1. The molecule has 1 amide bonds. The van der Waals surface area contributed by atoms with Crippen LogP contribution < -0.4 is 5.32 Å². The Morgan fingerprint density at radius 3 is 2.73 bits per heavy atom. The number of rotatable bonds is 3. The maximum Gasteiger partial charge on any atom is 0.270 e. The summed E-state index contributed by atoms with van der Waals surface area (Å²) in [6.45, 7) is 0. The second kappa shape index (κ2) is 5.09. The zero-order chi connectivity index (χ0) is 11.4. The lowest BCUT2D eigenvalue weighted by atomic mass is 10.3. The average molecular weight is 294 g/mol. The molecule has 80 valence electrons. The van der Waals surface area contributed by atoms with Crippen LogP contribution in [0.25, 0.3) is 0 Å². The van der Waals surface area contributed by atoms with Crippen molar-refractivity contribution < 1.29 is 9.72 Å². The van der Waals surface area contributed by atoms with E-state index in [2.05, 4.69) is 21.2 Å². The Balaban J connectivity index is 2.93. The molecule has 0 aromatic heterocycles. The van der Waals surface area contributed by atoms with Crippen LogP contribution in [-0.2, 0) is 4.79 Å². The predicted octanol–water partition coefficient (Wildman–Crippen LogP) is 2.53. The van der Waals surface area contributed by atoms with Crippen LogP contribution in [0.4, 0.5) is 11.4 Å². The number of amides is 1. The standard InChI is InChI=1S/C8H6BrClN2O3/c9-6-3-5(12(14)15)1-2-7(6)11-8(13)4-10/h1-3H,4H2,(H,11,13). The summed E-state index contributed by atoms with van der Waals surface area (Å²) in [5.74, 6) is -0.533. The van der Waals surface area contributed by atoms with Crippen molar-refractivity contribution in [1.82, 2.24) is 0 Å². The van der Waals surface area contributed by atoms with E-state index in [-0.39, 0.29) is 17.5 Å². The van der Waals surface area contributed by atoms with Crippen LogP contribution in [0.5, 0.6) is 0 Å². The fourth-order valence-electron chi connectivity index (χ4n) is 0.903. The average Bonchev–Trinajstić information content (AvgIpc) is 2.20. The summed E-state index contributed by atoms with van der Waals surface area (Å²) in [6, 6.07) is 4.05. The molecular weight excluding hydrogens is 287 g/mol. The number of hydrogen-bond donors (Lipinski definition) is 1. The summed E-state index contributed by atoms with van der Waals surface area (Å²) in [4.78, 5) is 20.9. The van der Waals surface area contributed by atoms with Crippen molar-refractivity contribution in [3.05, 3.63) is 32.8 Å².